The van der Waals surface area contributed by atoms with Gasteiger partial charge in [0.1, 0.15) is 17.0 Å². The van der Waals surface area contributed by atoms with E-state index in [0.717, 1.165) is 28.2 Å². The van der Waals surface area contributed by atoms with Crippen LogP contribution in [-0.2, 0) is 6.18 Å². The van der Waals surface area contributed by atoms with E-state index in [0.29, 0.717) is 44.0 Å². The second kappa shape index (κ2) is 10.2. The Labute approximate surface area is 234 Å². The highest BCUT2D eigenvalue weighted by Crippen LogP contribution is 2.41. The van der Waals surface area contributed by atoms with Gasteiger partial charge >= 0.3 is 6.18 Å². The first-order chi connectivity index (χ1) is 19.8. The molecule has 0 unspecified atom stereocenters. The Kier molecular flexibility index (Phi) is 6.58. The maximum absolute atomic E-state index is 13.8. The van der Waals surface area contributed by atoms with Crippen molar-refractivity contribution in [2.24, 2.45) is 0 Å². The number of rotatable bonds is 6. The minimum Gasteiger partial charge on any atom is -0.493 e. The predicted octanol–water partition coefficient (Wildman–Crippen LogP) is 7.16. The third kappa shape index (κ3) is 4.84. The molecule has 0 atom stereocenters. The van der Waals surface area contributed by atoms with Crippen molar-refractivity contribution in [2.45, 2.75) is 6.18 Å². The number of hydrogen-bond acceptors (Lipinski definition) is 7. The largest absolute Gasteiger partial charge is 0.493 e. The van der Waals surface area contributed by atoms with Gasteiger partial charge in [0, 0.05) is 11.1 Å². The van der Waals surface area contributed by atoms with Gasteiger partial charge in [0.25, 0.3) is 0 Å². The zero-order valence-corrected chi connectivity index (χ0v) is 22.7. The number of fused-ring (bicyclic) bond motifs is 2. The lowest BCUT2D eigenvalue weighted by molar-refractivity contribution is -0.141. The van der Waals surface area contributed by atoms with Crippen molar-refractivity contribution >= 4 is 27.1 Å². The molecule has 0 radical (unpaired) electrons. The van der Waals surface area contributed by atoms with Crippen LogP contribution in [0, 0.1) is 0 Å². The molecule has 0 aliphatic rings. The number of halogens is 3. The summed E-state index contributed by atoms with van der Waals surface area (Å²) in [7, 11) is 4.52. The summed E-state index contributed by atoms with van der Waals surface area (Å²) < 4.78 is 65.9. The van der Waals surface area contributed by atoms with E-state index in [4.69, 9.17) is 18.7 Å². The lowest BCUT2D eigenvalue weighted by Crippen LogP contribution is -2.07. The summed E-state index contributed by atoms with van der Waals surface area (Å²) in [6.45, 7) is 0. The number of aromatic nitrogens is 5. The average molecular weight is 582 g/mol. The zero-order valence-electron chi connectivity index (χ0n) is 21.9. The third-order valence-electron chi connectivity index (χ3n) is 6.41. The van der Waals surface area contributed by atoms with E-state index < -0.39 is 11.9 Å². The van der Waals surface area contributed by atoms with Gasteiger partial charge in [0.2, 0.25) is 10.7 Å². The number of benzene rings is 3. The first-order valence-electron chi connectivity index (χ1n) is 12.2. The lowest BCUT2D eigenvalue weighted by Gasteiger charge is -2.13. The number of H-pyrrole nitrogens is 1. The number of aromatic amines is 1. The molecule has 0 aliphatic heterocycles. The number of thiazole rings is 1. The Hall–Kier alpha value is -4.91. The normalized spacial score (nSPS) is 11.7. The molecular formula is C28H22F3N5O4S. The van der Waals surface area contributed by atoms with Gasteiger partial charge in [0.05, 0.1) is 33.2 Å². The summed E-state index contributed by atoms with van der Waals surface area (Å²) in [5.74, 6) is 1.28. The fourth-order valence-corrected chi connectivity index (χ4v) is 5.31. The molecule has 1 N–H and O–H groups in total. The Morgan fingerprint density at radius 1 is 0.878 bits per heavy atom. The highest BCUT2D eigenvalue weighted by atomic mass is 32.1. The molecule has 0 bridgehead atoms. The first kappa shape index (κ1) is 26.3. The van der Waals surface area contributed by atoms with E-state index in [1.165, 1.54) is 32.3 Å². The van der Waals surface area contributed by atoms with Crippen LogP contribution in [0.15, 0.2) is 77.6 Å². The molecule has 210 valence electrons. The average Bonchev–Trinajstić information content (AvgIpc) is 3.55. The van der Waals surface area contributed by atoms with Crippen molar-refractivity contribution in [1.82, 2.24) is 24.6 Å². The molecule has 0 saturated carbocycles. The van der Waals surface area contributed by atoms with Crippen LogP contribution in [0.25, 0.3) is 43.2 Å². The van der Waals surface area contributed by atoms with Crippen LogP contribution in [0.1, 0.15) is 5.69 Å². The lowest BCUT2D eigenvalue weighted by atomic mass is 10.0. The Morgan fingerprint density at radius 2 is 1.61 bits per heavy atom. The van der Waals surface area contributed by atoms with E-state index in [1.54, 1.807) is 28.9 Å². The number of nitrogens with zero attached hydrogens (tertiary/aromatic N) is 4. The number of hydrogen-bond donors (Lipinski definition) is 1. The van der Waals surface area contributed by atoms with Crippen LogP contribution in [0.2, 0.25) is 0 Å². The molecule has 0 fully saturated rings. The molecule has 9 nitrogen and oxygen atoms in total. The van der Waals surface area contributed by atoms with Crippen LogP contribution in [-0.4, -0.2) is 45.9 Å². The Balaban J connectivity index is 1.50. The SMILES string of the molecule is COc1cc(-c2conc3sc(-n4nc(C(F)(F)F)cc4-c4ccc5ccccc5c4)cn3[nH]2)cc(OC)c1OC. The quantitative estimate of drug-likeness (QED) is 0.225. The molecule has 41 heavy (non-hydrogen) atoms. The van der Waals surface area contributed by atoms with E-state index in [1.807, 2.05) is 36.4 Å². The fraction of sp³-hybridized carbons (Fsp3) is 0.143. The summed E-state index contributed by atoms with van der Waals surface area (Å²) in [6, 6.07) is 17.6. The summed E-state index contributed by atoms with van der Waals surface area (Å²) in [5.41, 5.74) is 0.958. The van der Waals surface area contributed by atoms with Crippen molar-refractivity contribution in [3.63, 3.8) is 0 Å². The van der Waals surface area contributed by atoms with Gasteiger partial charge in [-0.05, 0) is 40.2 Å². The fourth-order valence-electron chi connectivity index (χ4n) is 4.47. The molecule has 0 aliphatic carbocycles. The first-order valence-corrected chi connectivity index (χ1v) is 13.0. The highest BCUT2D eigenvalue weighted by molar-refractivity contribution is 7.19. The maximum atomic E-state index is 13.8. The molecule has 3 aromatic heterocycles. The summed E-state index contributed by atoms with van der Waals surface area (Å²) >= 11 is 1.10. The minimum atomic E-state index is -4.63. The van der Waals surface area contributed by atoms with Crippen molar-refractivity contribution < 1.29 is 31.9 Å². The van der Waals surface area contributed by atoms with Gasteiger partial charge in [-0.25, -0.2) is 9.20 Å². The summed E-state index contributed by atoms with van der Waals surface area (Å²) in [6.07, 6.45) is -1.63. The topological polar surface area (TPSA) is 91.7 Å². The van der Waals surface area contributed by atoms with Crippen LogP contribution in [0.5, 0.6) is 17.2 Å². The summed E-state index contributed by atoms with van der Waals surface area (Å²) in [5, 5.41) is 13.5. The molecule has 0 spiro atoms. The van der Waals surface area contributed by atoms with Crippen LogP contribution < -0.4 is 14.2 Å². The zero-order chi connectivity index (χ0) is 28.7. The van der Waals surface area contributed by atoms with Crippen molar-refractivity contribution in [1.29, 1.82) is 0 Å². The van der Waals surface area contributed by atoms with Crippen molar-refractivity contribution in [3.8, 4) is 44.8 Å². The van der Waals surface area contributed by atoms with Gasteiger partial charge in [-0.3, -0.25) is 5.10 Å². The molecule has 0 amide bonds. The second-order valence-corrected chi connectivity index (χ2v) is 9.85. The highest BCUT2D eigenvalue weighted by Gasteiger charge is 2.35. The molecule has 3 aromatic carbocycles. The second-order valence-electron chi connectivity index (χ2n) is 8.86. The maximum Gasteiger partial charge on any atom is 0.435 e. The molecule has 3 heterocycles. The van der Waals surface area contributed by atoms with Gasteiger partial charge in [-0.1, -0.05) is 47.7 Å². The predicted molar refractivity (Wildman–Crippen MR) is 147 cm³/mol. The molecule has 6 aromatic rings. The number of methoxy groups -OCH3 is 3. The van der Waals surface area contributed by atoms with Gasteiger partial charge in [0.15, 0.2) is 17.2 Å². The molecule has 6 rings (SSSR count). The Bertz CT molecular complexity index is 1900. The van der Waals surface area contributed by atoms with E-state index in [9.17, 15) is 13.2 Å². The summed E-state index contributed by atoms with van der Waals surface area (Å²) in [4.78, 5) is 0.340. The minimum absolute atomic E-state index is 0.279. The van der Waals surface area contributed by atoms with Gasteiger partial charge in [-0.2, -0.15) is 18.3 Å². The number of nitrogens with one attached hydrogen (secondary N) is 1. The van der Waals surface area contributed by atoms with Crippen molar-refractivity contribution in [2.75, 3.05) is 21.3 Å². The third-order valence-corrected chi connectivity index (χ3v) is 7.35. The van der Waals surface area contributed by atoms with Crippen LogP contribution >= 0.6 is 11.3 Å². The smallest absolute Gasteiger partial charge is 0.435 e. The molecular weight excluding hydrogens is 559 g/mol. The van der Waals surface area contributed by atoms with E-state index in [-0.39, 0.29) is 5.69 Å². The van der Waals surface area contributed by atoms with Gasteiger partial charge in [-0.15, -0.1) is 0 Å². The van der Waals surface area contributed by atoms with Crippen LogP contribution in [0.3, 0.4) is 0 Å². The Morgan fingerprint density at radius 3 is 2.29 bits per heavy atom. The molecule has 0 saturated heterocycles. The monoisotopic (exact) mass is 581 g/mol. The van der Waals surface area contributed by atoms with Crippen LogP contribution in [0.4, 0.5) is 13.2 Å². The van der Waals surface area contributed by atoms with E-state index >= 15 is 0 Å². The van der Waals surface area contributed by atoms with Gasteiger partial charge < -0.3 is 18.7 Å². The van der Waals surface area contributed by atoms with Crippen molar-refractivity contribution in [3.05, 3.63) is 78.8 Å². The number of ether oxygens (including phenoxy) is 3. The molecule has 13 heteroatoms. The number of alkyl halides is 3. The van der Waals surface area contributed by atoms with E-state index in [2.05, 4.69) is 15.4 Å². The standard InChI is InChI=1S/C28H22F3N5O4S/c1-37-22-11-19(12-23(38-2)26(22)39-3)20-15-40-34-27-35(32-20)14-25(41-27)36-21(13-24(33-36)28(29,30)31)18-9-8-16-6-4-5-7-17(16)10-18/h4-15,32H,1-3H3.